The molecule has 1 aliphatic carbocycles. The molecule has 0 aliphatic heterocycles. The number of amides is 1. The van der Waals surface area contributed by atoms with Gasteiger partial charge in [-0.05, 0) is 12.8 Å². The van der Waals surface area contributed by atoms with E-state index >= 15 is 0 Å². The Kier molecular flexibility index (Phi) is 3.42. The van der Waals surface area contributed by atoms with Crippen LogP contribution in [0, 0.1) is 5.92 Å². The van der Waals surface area contributed by atoms with Crippen LogP contribution < -0.4 is 0 Å². The Morgan fingerprint density at radius 2 is 2.21 bits per heavy atom. The molecule has 0 saturated heterocycles. The van der Waals surface area contributed by atoms with Gasteiger partial charge in [0.15, 0.2) is 0 Å². The third-order valence-electron chi connectivity index (χ3n) is 2.57. The van der Waals surface area contributed by atoms with Crippen molar-refractivity contribution in [1.82, 2.24) is 5.06 Å². The minimum atomic E-state index is -2.69. The highest BCUT2D eigenvalue weighted by Crippen LogP contribution is 2.37. The number of halogens is 2. The fraction of sp³-hybridized carbons (Fsp3) is 0.889. The Bertz CT molecular complexity index is 221. The van der Waals surface area contributed by atoms with Crippen molar-refractivity contribution in [3.63, 3.8) is 0 Å². The van der Waals surface area contributed by atoms with Gasteiger partial charge in [0.25, 0.3) is 0 Å². The molecule has 1 aliphatic rings. The molecule has 82 valence electrons. The fourth-order valence-electron chi connectivity index (χ4n) is 1.73. The number of carbonyl (C=O) groups is 1. The second kappa shape index (κ2) is 4.21. The molecule has 1 saturated carbocycles. The zero-order chi connectivity index (χ0) is 10.8. The van der Waals surface area contributed by atoms with E-state index in [2.05, 4.69) is 4.84 Å². The van der Waals surface area contributed by atoms with Crippen LogP contribution in [0.25, 0.3) is 0 Å². The lowest BCUT2D eigenvalue weighted by Gasteiger charge is -2.29. The molecule has 1 atom stereocenters. The van der Waals surface area contributed by atoms with Crippen LogP contribution in [-0.4, -0.2) is 31.1 Å². The first-order valence-corrected chi connectivity index (χ1v) is 4.66. The summed E-state index contributed by atoms with van der Waals surface area (Å²) in [7, 11) is 2.79. The van der Waals surface area contributed by atoms with E-state index in [1.165, 1.54) is 14.2 Å². The highest BCUT2D eigenvalue weighted by Gasteiger charge is 2.40. The molecule has 1 rings (SSSR count). The summed E-state index contributed by atoms with van der Waals surface area (Å²) < 4.78 is 25.9. The van der Waals surface area contributed by atoms with Gasteiger partial charge >= 0.3 is 0 Å². The molecule has 1 fully saturated rings. The first-order chi connectivity index (χ1) is 6.46. The average Bonchev–Trinajstić information content (AvgIpc) is 2.14. The number of hydrogen-bond acceptors (Lipinski definition) is 2. The summed E-state index contributed by atoms with van der Waals surface area (Å²) in [6, 6.07) is 0. The summed E-state index contributed by atoms with van der Waals surface area (Å²) in [6.45, 7) is 0. The van der Waals surface area contributed by atoms with Gasteiger partial charge in [-0.2, -0.15) is 0 Å². The summed E-state index contributed by atoms with van der Waals surface area (Å²) >= 11 is 0. The lowest BCUT2D eigenvalue weighted by Crippen LogP contribution is -2.38. The Labute approximate surface area is 82.0 Å². The molecule has 0 bridgehead atoms. The van der Waals surface area contributed by atoms with Crippen molar-refractivity contribution in [2.75, 3.05) is 14.2 Å². The van der Waals surface area contributed by atoms with E-state index in [0.717, 1.165) is 5.06 Å². The maximum Gasteiger partial charge on any atom is 0.249 e. The monoisotopic (exact) mass is 207 g/mol. The van der Waals surface area contributed by atoms with Crippen LogP contribution in [0.3, 0.4) is 0 Å². The molecule has 0 unspecified atom stereocenters. The van der Waals surface area contributed by atoms with Crippen molar-refractivity contribution in [2.24, 2.45) is 5.92 Å². The van der Waals surface area contributed by atoms with Gasteiger partial charge in [0, 0.05) is 25.8 Å². The molecule has 0 aromatic carbocycles. The molecule has 0 N–H and O–H groups in total. The van der Waals surface area contributed by atoms with E-state index in [4.69, 9.17) is 0 Å². The second-order valence-electron chi connectivity index (χ2n) is 3.67. The zero-order valence-corrected chi connectivity index (χ0v) is 8.43. The Hall–Kier alpha value is -0.710. The van der Waals surface area contributed by atoms with E-state index in [1.807, 2.05) is 0 Å². The fourth-order valence-corrected chi connectivity index (χ4v) is 1.73. The van der Waals surface area contributed by atoms with Crippen LogP contribution in [0.4, 0.5) is 8.78 Å². The maximum absolute atomic E-state index is 13.0. The minimum absolute atomic E-state index is 0.104. The molecule has 14 heavy (non-hydrogen) atoms. The van der Waals surface area contributed by atoms with Crippen molar-refractivity contribution in [2.45, 2.75) is 31.6 Å². The Balaban J connectivity index is 2.56. The van der Waals surface area contributed by atoms with E-state index in [1.54, 1.807) is 0 Å². The standard InChI is InChI=1S/C9H15F2NO2/c1-12(14-2)8(13)7-4-3-5-9(10,11)6-7/h7H,3-6H2,1-2H3/t7-/m1/s1. The summed E-state index contributed by atoms with van der Waals surface area (Å²) in [5, 5.41) is 1.02. The van der Waals surface area contributed by atoms with Gasteiger partial charge in [-0.1, -0.05) is 0 Å². The summed E-state index contributed by atoms with van der Waals surface area (Å²) in [5.74, 6) is -3.64. The topological polar surface area (TPSA) is 29.5 Å². The predicted molar refractivity (Wildman–Crippen MR) is 46.7 cm³/mol. The quantitative estimate of drug-likeness (QED) is 0.646. The van der Waals surface area contributed by atoms with Gasteiger partial charge < -0.3 is 0 Å². The van der Waals surface area contributed by atoms with Crippen LogP contribution >= 0.6 is 0 Å². The van der Waals surface area contributed by atoms with Gasteiger partial charge in [0.2, 0.25) is 11.8 Å². The maximum atomic E-state index is 13.0. The Morgan fingerprint density at radius 1 is 1.57 bits per heavy atom. The number of hydroxylamine groups is 2. The van der Waals surface area contributed by atoms with Crippen molar-refractivity contribution in [3.05, 3.63) is 0 Å². The highest BCUT2D eigenvalue weighted by atomic mass is 19.3. The van der Waals surface area contributed by atoms with Crippen molar-refractivity contribution in [3.8, 4) is 0 Å². The van der Waals surface area contributed by atoms with Gasteiger partial charge in [-0.15, -0.1) is 0 Å². The molecule has 0 heterocycles. The molecule has 0 radical (unpaired) electrons. The summed E-state index contributed by atoms with van der Waals surface area (Å²) in [4.78, 5) is 16.2. The largest absolute Gasteiger partial charge is 0.275 e. The zero-order valence-electron chi connectivity index (χ0n) is 8.43. The normalized spacial score (nSPS) is 25.9. The van der Waals surface area contributed by atoms with Gasteiger partial charge in [0.05, 0.1) is 7.11 Å². The third-order valence-corrected chi connectivity index (χ3v) is 2.57. The average molecular weight is 207 g/mol. The van der Waals surface area contributed by atoms with Gasteiger partial charge in [-0.3, -0.25) is 9.63 Å². The van der Waals surface area contributed by atoms with Crippen LogP contribution in [0.5, 0.6) is 0 Å². The smallest absolute Gasteiger partial charge is 0.249 e. The SMILES string of the molecule is CON(C)C(=O)[C@@H]1CCCC(F)(F)C1. The number of alkyl halides is 2. The predicted octanol–water partition coefficient (Wildman–Crippen LogP) is 1.83. The second-order valence-corrected chi connectivity index (χ2v) is 3.67. The van der Waals surface area contributed by atoms with E-state index in [9.17, 15) is 13.6 Å². The lowest BCUT2D eigenvalue weighted by molar-refractivity contribution is -0.178. The minimum Gasteiger partial charge on any atom is -0.275 e. The number of hydrogen-bond donors (Lipinski definition) is 0. The first kappa shape index (κ1) is 11.4. The van der Waals surface area contributed by atoms with Gasteiger partial charge in [0.1, 0.15) is 0 Å². The van der Waals surface area contributed by atoms with E-state index < -0.39 is 11.8 Å². The molecule has 5 heteroatoms. The van der Waals surface area contributed by atoms with Crippen LogP contribution in [0.15, 0.2) is 0 Å². The molecular weight excluding hydrogens is 192 g/mol. The highest BCUT2D eigenvalue weighted by molar-refractivity contribution is 5.77. The summed E-state index contributed by atoms with van der Waals surface area (Å²) in [6.07, 6.45) is 0.482. The Morgan fingerprint density at radius 3 is 2.71 bits per heavy atom. The van der Waals surface area contributed by atoms with Crippen molar-refractivity contribution < 1.29 is 18.4 Å². The van der Waals surface area contributed by atoms with Crippen molar-refractivity contribution in [1.29, 1.82) is 0 Å². The van der Waals surface area contributed by atoms with Gasteiger partial charge in [-0.25, -0.2) is 13.8 Å². The molecular formula is C9H15F2NO2. The molecule has 3 nitrogen and oxygen atoms in total. The van der Waals surface area contributed by atoms with Crippen LogP contribution in [0.2, 0.25) is 0 Å². The first-order valence-electron chi connectivity index (χ1n) is 4.66. The molecule has 1 amide bonds. The number of carbonyl (C=O) groups excluding carboxylic acids is 1. The van der Waals surface area contributed by atoms with Crippen molar-refractivity contribution >= 4 is 5.91 Å². The number of rotatable bonds is 2. The third kappa shape index (κ3) is 2.64. The van der Waals surface area contributed by atoms with Crippen LogP contribution in [0.1, 0.15) is 25.7 Å². The lowest BCUT2D eigenvalue weighted by atomic mass is 9.86. The van der Waals surface area contributed by atoms with Crippen LogP contribution in [-0.2, 0) is 9.63 Å². The van der Waals surface area contributed by atoms with E-state index in [0.29, 0.717) is 12.8 Å². The summed E-state index contributed by atoms with van der Waals surface area (Å²) in [5.41, 5.74) is 0. The molecule has 0 spiro atoms. The molecule has 0 aromatic heterocycles. The molecule has 0 aromatic rings. The number of nitrogens with zero attached hydrogens (tertiary/aromatic N) is 1. The van der Waals surface area contributed by atoms with E-state index in [-0.39, 0.29) is 18.7 Å².